The predicted molar refractivity (Wildman–Crippen MR) is 271 cm³/mol. The van der Waals surface area contributed by atoms with E-state index in [2.05, 4.69) is 38.2 Å². The lowest BCUT2D eigenvalue weighted by atomic mass is 9.98. The highest BCUT2D eigenvalue weighted by Gasteiger charge is 2.47. The number of esters is 2. The quantitative estimate of drug-likeness (QED) is 0.0172. The lowest BCUT2D eigenvalue weighted by Gasteiger charge is -2.42. The standard InChI is InChI=1S/C55H100O15/c1-3-5-7-9-11-13-15-17-19-20-21-22-24-26-28-30-32-34-36-38-47(58)68-43(40-65-46(57)37-35-33-31-29-27-25-23-18-16-14-12-10-8-6-4-2)41-66-54-53(64)51(62)49(60)45(70-54)42-67-55-52(63)50(61)48(59)44(39-56)69-55/h17-19,23,43-45,48-56,59-64H,3-16,20-22,24-42H2,1-2H3/b19-17-,23-18-. The van der Waals surface area contributed by atoms with Crippen LogP contribution < -0.4 is 0 Å². The number of allylic oxidation sites excluding steroid dienone is 4. The summed E-state index contributed by atoms with van der Waals surface area (Å²) in [5.74, 6) is -0.929. The van der Waals surface area contributed by atoms with E-state index in [4.69, 9.17) is 28.4 Å². The number of unbranched alkanes of at least 4 members (excludes halogenated alkanes) is 26. The number of ether oxygens (including phenoxy) is 6. The topological polar surface area (TPSA) is 231 Å². The van der Waals surface area contributed by atoms with Crippen LogP contribution in [-0.4, -0.2) is 142 Å². The van der Waals surface area contributed by atoms with E-state index in [9.17, 15) is 45.3 Å². The van der Waals surface area contributed by atoms with Crippen LogP contribution in [0.25, 0.3) is 0 Å². The van der Waals surface area contributed by atoms with Crippen molar-refractivity contribution in [3.63, 3.8) is 0 Å². The molecule has 0 aromatic rings. The number of aliphatic hydroxyl groups excluding tert-OH is 7. The third-order valence-electron chi connectivity index (χ3n) is 13.4. The van der Waals surface area contributed by atoms with Gasteiger partial charge in [-0.25, -0.2) is 0 Å². The highest BCUT2D eigenvalue weighted by Crippen LogP contribution is 2.27. The van der Waals surface area contributed by atoms with Crippen molar-refractivity contribution in [1.29, 1.82) is 0 Å². The molecule has 70 heavy (non-hydrogen) atoms. The number of aliphatic hydroxyl groups is 7. The zero-order valence-corrected chi connectivity index (χ0v) is 43.5. The minimum atomic E-state index is -1.76. The summed E-state index contributed by atoms with van der Waals surface area (Å²) in [7, 11) is 0. The van der Waals surface area contributed by atoms with Gasteiger partial charge in [-0.3, -0.25) is 9.59 Å². The SMILES string of the molecule is CCCCCCCC/C=C\CCCCCCCCCCCC(=O)OC(COC(=O)CCCCCCC/C=C\CCCCCCCC)COC1OC(COC2OC(CO)C(O)C(O)C2O)C(O)C(O)C1O. The molecule has 410 valence electrons. The van der Waals surface area contributed by atoms with E-state index >= 15 is 0 Å². The molecule has 7 N–H and O–H groups in total. The van der Waals surface area contributed by atoms with Crippen molar-refractivity contribution in [3.05, 3.63) is 24.3 Å². The molecule has 0 spiro atoms. The first kappa shape index (κ1) is 64.1. The molecule has 0 radical (unpaired) electrons. The molecule has 0 saturated carbocycles. The Morgan fingerprint density at radius 3 is 1.26 bits per heavy atom. The molecule has 2 aliphatic heterocycles. The Balaban J connectivity index is 1.78. The van der Waals surface area contributed by atoms with Gasteiger partial charge < -0.3 is 64.2 Å². The van der Waals surface area contributed by atoms with E-state index in [0.29, 0.717) is 12.8 Å². The fourth-order valence-corrected chi connectivity index (χ4v) is 8.80. The maximum atomic E-state index is 13.0. The summed E-state index contributed by atoms with van der Waals surface area (Å²) in [5.41, 5.74) is 0. The van der Waals surface area contributed by atoms with Crippen LogP contribution in [0, 0.1) is 0 Å². The van der Waals surface area contributed by atoms with E-state index in [-0.39, 0.29) is 26.1 Å². The Morgan fingerprint density at radius 2 is 0.814 bits per heavy atom. The summed E-state index contributed by atoms with van der Waals surface area (Å²) >= 11 is 0. The second kappa shape index (κ2) is 42.3. The van der Waals surface area contributed by atoms with Crippen molar-refractivity contribution in [1.82, 2.24) is 0 Å². The first-order valence-electron chi connectivity index (χ1n) is 27.9. The highest BCUT2D eigenvalue weighted by atomic mass is 16.7. The summed E-state index contributed by atoms with van der Waals surface area (Å²) < 4.78 is 33.6. The Bertz CT molecular complexity index is 1310. The van der Waals surface area contributed by atoms with Gasteiger partial charge in [-0.05, 0) is 64.2 Å². The minimum Gasteiger partial charge on any atom is -0.462 e. The summed E-state index contributed by atoms with van der Waals surface area (Å²) in [6.07, 6.45) is 27.7. The van der Waals surface area contributed by atoms with Gasteiger partial charge in [-0.2, -0.15) is 0 Å². The van der Waals surface area contributed by atoms with E-state index in [1.807, 2.05) is 0 Å². The third-order valence-corrected chi connectivity index (χ3v) is 13.4. The van der Waals surface area contributed by atoms with Crippen LogP contribution >= 0.6 is 0 Å². The fourth-order valence-electron chi connectivity index (χ4n) is 8.80. The molecule has 2 rings (SSSR count). The molecule has 0 aromatic heterocycles. The van der Waals surface area contributed by atoms with E-state index < -0.39 is 92.7 Å². The second-order valence-electron chi connectivity index (χ2n) is 19.8. The van der Waals surface area contributed by atoms with Crippen molar-refractivity contribution in [2.75, 3.05) is 26.4 Å². The zero-order valence-electron chi connectivity index (χ0n) is 43.5. The maximum absolute atomic E-state index is 13.0. The van der Waals surface area contributed by atoms with Crippen molar-refractivity contribution in [3.8, 4) is 0 Å². The van der Waals surface area contributed by atoms with Crippen LogP contribution in [0.2, 0.25) is 0 Å². The summed E-state index contributed by atoms with van der Waals surface area (Å²) in [5, 5.41) is 72.2. The average Bonchev–Trinajstić information content (AvgIpc) is 3.35. The van der Waals surface area contributed by atoms with Crippen molar-refractivity contribution >= 4 is 11.9 Å². The normalized spacial score (nSPS) is 25.5. The van der Waals surface area contributed by atoms with Gasteiger partial charge in [-0.1, -0.05) is 167 Å². The van der Waals surface area contributed by atoms with Crippen LogP contribution in [-0.2, 0) is 38.0 Å². The van der Waals surface area contributed by atoms with Crippen molar-refractivity contribution < 1.29 is 73.8 Å². The summed E-state index contributed by atoms with van der Waals surface area (Å²) in [6, 6.07) is 0. The number of hydrogen-bond donors (Lipinski definition) is 7. The Kier molecular flexibility index (Phi) is 38.8. The van der Waals surface area contributed by atoms with Gasteiger partial charge in [0.1, 0.15) is 55.4 Å². The zero-order chi connectivity index (χ0) is 51.0. The molecule has 0 aliphatic carbocycles. The number of hydrogen-bond acceptors (Lipinski definition) is 15. The molecule has 2 saturated heterocycles. The molecular formula is C55H100O15. The molecule has 0 amide bonds. The summed E-state index contributed by atoms with van der Waals surface area (Å²) in [4.78, 5) is 25.8. The van der Waals surface area contributed by atoms with Gasteiger partial charge in [-0.15, -0.1) is 0 Å². The van der Waals surface area contributed by atoms with Gasteiger partial charge in [0.25, 0.3) is 0 Å². The van der Waals surface area contributed by atoms with Crippen molar-refractivity contribution in [2.24, 2.45) is 0 Å². The Labute approximate surface area is 422 Å². The molecule has 0 aromatic carbocycles. The lowest BCUT2D eigenvalue weighted by Crippen LogP contribution is -2.61. The Morgan fingerprint density at radius 1 is 0.443 bits per heavy atom. The molecular weight excluding hydrogens is 901 g/mol. The smallest absolute Gasteiger partial charge is 0.306 e. The first-order valence-corrected chi connectivity index (χ1v) is 27.9. The monoisotopic (exact) mass is 1000 g/mol. The fraction of sp³-hybridized carbons (Fsp3) is 0.891. The summed E-state index contributed by atoms with van der Waals surface area (Å²) in [6.45, 7) is 2.60. The minimum absolute atomic E-state index is 0.163. The third kappa shape index (κ3) is 29.6. The number of rotatable bonds is 44. The van der Waals surface area contributed by atoms with Gasteiger partial charge in [0.2, 0.25) is 0 Å². The maximum Gasteiger partial charge on any atom is 0.306 e. The van der Waals surface area contributed by atoms with Crippen molar-refractivity contribution in [2.45, 2.75) is 287 Å². The van der Waals surface area contributed by atoms with E-state index in [0.717, 1.165) is 64.2 Å². The molecule has 15 heteroatoms. The van der Waals surface area contributed by atoms with Gasteiger partial charge >= 0.3 is 11.9 Å². The Hall–Kier alpha value is -2.02. The number of carbonyl (C=O) groups excluding carboxylic acids is 2. The second-order valence-corrected chi connectivity index (χ2v) is 19.8. The largest absolute Gasteiger partial charge is 0.462 e. The molecule has 2 aliphatic rings. The lowest BCUT2D eigenvalue weighted by molar-refractivity contribution is -0.332. The highest BCUT2D eigenvalue weighted by molar-refractivity contribution is 5.70. The van der Waals surface area contributed by atoms with Crippen LogP contribution in [0.15, 0.2) is 24.3 Å². The van der Waals surface area contributed by atoms with Gasteiger partial charge in [0.15, 0.2) is 18.7 Å². The molecule has 11 unspecified atom stereocenters. The van der Waals surface area contributed by atoms with Gasteiger partial charge in [0, 0.05) is 12.8 Å². The molecule has 0 bridgehead atoms. The van der Waals surface area contributed by atoms with Gasteiger partial charge in [0.05, 0.1) is 19.8 Å². The van der Waals surface area contributed by atoms with Crippen LogP contribution in [0.1, 0.15) is 219 Å². The number of carbonyl (C=O) groups is 2. The first-order chi connectivity index (χ1) is 34.0. The van der Waals surface area contributed by atoms with Crippen LogP contribution in [0.3, 0.4) is 0 Å². The van der Waals surface area contributed by atoms with E-state index in [1.165, 1.54) is 116 Å². The molecule has 2 fully saturated rings. The average molecular weight is 1000 g/mol. The molecule has 2 heterocycles. The van der Waals surface area contributed by atoms with E-state index in [1.54, 1.807) is 0 Å². The molecule has 15 nitrogen and oxygen atoms in total. The molecule has 11 atom stereocenters. The predicted octanol–water partition coefficient (Wildman–Crippen LogP) is 8.72. The van der Waals surface area contributed by atoms with Crippen LogP contribution in [0.4, 0.5) is 0 Å². The van der Waals surface area contributed by atoms with Crippen LogP contribution in [0.5, 0.6) is 0 Å².